The Labute approximate surface area is 127 Å². The first kappa shape index (κ1) is 13.3. The largest absolute Gasteiger partial charge is 0.495 e. The van der Waals surface area contributed by atoms with Crippen LogP contribution in [0.15, 0.2) is 40.9 Å². The van der Waals surface area contributed by atoms with E-state index < -0.39 is 0 Å². The van der Waals surface area contributed by atoms with Gasteiger partial charge in [-0.1, -0.05) is 28.1 Å². The molecule has 4 heteroatoms. The molecule has 0 saturated carbocycles. The molecule has 0 spiro atoms. The third-order valence-corrected chi connectivity index (χ3v) is 3.89. The molecule has 1 aliphatic rings. The van der Waals surface area contributed by atoms with Gasteiger partial charge in [-0.2, -0.15) is 0 Å². The Morgan fingerprint density at radius 2 is 2.15 bits per heavy atom. The van der Waals surface area contributed by atoms with Gasteiger partial charge in [0.1, 0.15) is 11.5 Å². The van der Waals surface area contributed by atoms with Crippen LogP contribution in [0.2, 0.25) is 0 Å². The lowest BCUT2D eigenvalue weighted by molar-refractivity contribution is 0.357. The highest BCUT2D eigenvalue weighted by Crippen LogP contribution is 2.29. The van der Waals surface area contributed by atoms with Crippen LogP contribution in [0.1, 0.15) is 11.1 Å². The van der Waals surface area contributed by atoms with Crippen LogP contribution in [-0.2, 0) is 13.0 Å². The van der Waals surface area contributed by atoms with Crippen molar-refractivity contribution in [1.29, 1.82) is 0 Å². The Bertz CT molecular complexity index is 628. The molecule has 1 heterocycles. The molecular formula is C16H16BrNO2. The van der Waals surface area contributed by atoms with Gasteiger partial charge in [-0.3, -0.25) is 0 Å². The van der Waals surface area contributed by atoms with E-state index in [4.69, 9.17) is 9.47 Å². The normalized spacial score (nSPS) is 12.7. The number of hydrogen-bond acceptors (Lipinski definition) is 3. The van der Waals surface area contributed by atoms with Crippen LogP contribution in [0.5, 0.6) is 11.5 Å². The van der Waals surface area contributed by atoms with E-state index >= 15 is 0 Å². The Morgan fingerprint density at radius 3 is 3.00 bits per heavy atom. The Kier molecular flexibility index (Phi) is 3.83. The summed E-state index contributed by atoms with van der Waals surface area (Å²) in [5.41, 5.74) is 3.53. The van der Waals surface area contributed by atoms with Gasteiger partial charge in [0.25, 0.3) is 0 Å². The van der Waals surface area contributed by atoms with Gasteiger partial charge >= 0.3 is 0 Å². The first-order valence-corrected chi connectivity index (χ1v) is 7.37. The second-order valence-electron chi connectivity index (χ2n) is 4.74. The molecule has 3 rings (SSSR count). The molecule has 0 saturated heterocycles. The van der Waals surface area contributed by atoms with Crippen molar-refractivity contribution in [3.05, 3.63) is 52.0 Å². The van der Waals surface area contributed by atoms with Crippen LogP contribution < -0.4 is 14.8 Å². The lowest BCUT2D eigenvalue weighted by Gasteiger charge is -2.12. The maximum absolute atomic E-state index is 5.52. The van der Waals surface area contributed by atoms with E-state index in [2.05, 4.69) is 39.4 Å². The van der Waals surface area contributed by atoms with Gasteiger partial charge in [0, 0.05) is 17.4 Å². The fourth-order valence-electron chi connectivity index (χ4n) is 2.37. The van der Waals surface area contributed by atoms with E-state index in [-0.39, 0.29) is 0 Å². The van der Waals surface area contributed by atoms with Crippen molar-refractivity contribution in [2.45, 2.75) is 13.0 Å². The van der Waals surface area contributed by atoms with E-state index in [1.54, 1.807) is 7.11 Å². The maximum atomic E-state index is 5.52. The molecule has 0 fully saturated rings. The first-order chi connectivity index (χ1) is 9.76. The highest BCUT2D eigenvalue weighted by Gasteiger charge is 2.12. The van der Waals surface area contributed by atoms with E-state index in [1.807, 2.05) is 18.2 Å². The molecule has 0 atom stereocenters. The number of halogens is 1. The lowest BCUT2D eigenvalue weighted by atomic mass is 10.1. The summed E-state index contributed by atoms with van der Waals surface area (Å²) in [4.78, 5) is 0. The predicted octanol–water partition coefficient (Wildman–Crippen LogP) is 4.00. The molecule has 1 aliphatic heterocycles. The molecular weight excluding hydrogens is 318 g/mol. The van der Waals surface area contributed by atoms with Crippen LogP contribution >= 0.6 is 15.9 Å². The molecule has 0 radical (unpaired) electrons. The van der Waals surface area contributed by atoms with Gasteiger partial charge in [0.05, 0.1) is 19.4 Å². The fraction of sp³-hybridized carbons (Fsp3) is 0.250. The van der Waals surface area contributed by atoms with Crippen molar-refractivity contribution in [3.63, 3.8) is 0 Å². The predicted molar refractivity (Wildman–Crippen MR) is 83.7 cm³/mol. The van der Waals surface area contributed by atoms with Gasteiger partial charge < -0.3 is 14.8 Å². The van der Waals surface area contributed by atoms with Gasteiger partial charge in [-0.25, -0.2) is 0 Å². The smallest absolute Gasteiger partial charge is 0.142 e. The van der Waals surface area contributed by atoms with Crippen molar-refractivity contribution in [1.82, 2.24) is 0 Å². The van der Waals surface area contributed by atoms with Crippen LogP contribution in [0.25, 0.3) is 0 Å². The summed E-state index contributed by atoms with van der Waals surface area (Å²) in [5, 5.41) is 3.42. The molecule has 0 aliphatic carbocycles. The molecule has 104 valence electrons. The van der Waals surface area contributed by atoms with E-state index in [1.165, 1.54) is 11.1 Å². The number of methoxy groups -OCH3 is 1. The number of nitrogens with one attached hydrogen (secondary N) is 1. The van der Waals surface area contributed by atoms with Crippen LogP contribution in [-0.4, -0.2) is 13.7 Å². The standard InChI is InChI=1S/C16H16BrNO2/c1-19-16-5-3-13(17)9-14(16)18-10-11-2-4-15-12(8-11)6-7-20-15/h2-5,8-9,18H,6-7,10H2,1H3. The first-order valence-electron chi connectivity index (χ1n) is 6.58. The molecule has 1 N–H and O–H groups in total. The van der Waals surface area contributed by atoms with Gasteiger partial charge in [-0.15, -0.1) is 0 Å². The molecule has 0 amide bonds. The quantitative estimate of drug-likeness (QED) is 0.917. The summed E-state index contributed by atoms with van der Waals surface area (Å²) in [6.45, 7) is 1.56. The van der Waals surface area contributed by atoms with Crippen molar-refractivity contribution >= 4 is 21.6 Å². The third kappa shape index (κ3) is 2.75. The number of rotatable bonds is 4. The highest BCUT2D eigenvalue weighted by atomic mass is 79.9. The topological polar surface area (TPSA) is 30.5 Å². The van der Waals surface area contributed by atoms with Crippen molar-refractivity contribution in [2.24, 2.45) is 0 Å². The number of fused-ring (bicyclic) bond motifs is 1. The van der Waals surface area contributed by atoms with E-state index in [9.17, 15) is 0 Å². The van der Waals surface area contributed by atoms with Crippen LogP contribution in [0, 0.1) is 0 Å². The minimum Gasteiger partial charge on any atom is -0.495 e. The molecule has 0 aromatic heterocycles. The Hall–Kier alpha value is -1.68. The van der Waals surface area contributed by atoms with Gasteiger partial charge in [0.2, 0.25) is 0 Å². The van der Waals surface area contributed by atoms with Crippen molar-refractivity contribution in [3.8, 4) is 11.5 Å². The van der Waals surface area contributed by atoms with Crippen LogP contribution in [0.4, 0.5) is 5.69 Å². The second kappa shape index (κ2) is 5.75. The van der Waals surface area contributed by atoms with Crippen LogP contribution in [0.3, 0.4) is 0 Å². The summed E-state index contributed by atoms with van der Waals surface area (Å²) in [5.74, 6) is 1.87. The SMILES string of the molecule is COc1ccc(Br)cc1NCc1ccc2c(c1)CCO2. The Balaban J connectivity index is 1.75. The minimum absolute atomic E-state index is 0.764. The van der Waals surface area contributed by atoms with Gasteiger partial charge in [0.15, 0.2) is 0 Å². The maximum Gasteiger partial charge on any atom is 0.142 e. The Morgan fingerprint density at radius 1 is 1.25 bits per heavy atom. The van der Waals surface area contributed by atoms with E-state index in [0.29, 0.717) is 0 Å². The average Bonchev–Trinajstić information content (AvgIpc) is 2.92. The number of ether oxygens (including phenoxy) is 2. The molecule has 20 heavy (non-hydrogen) atoms. The van der Waals surface area contributed by atoms with E-state index in [0.717, 1.165) is 41.2 Å². The highest BCUT2D eigenvalue weighted by molar-refractivity contribution is 9.10. The molecule has 2 aromatic carbocycles. The molecule has 2 aromatic rings. The summed E-state index contributed by atoms with van der Waals surface area (Å²) in [7, 11) is 1.68. The third-order valence-electron chi connectivity index (χ3n) is 3.40. The fourth-order valence-corrected chi connectivity index (χ4v) is 2.73. The summed E-state index contributed by atoms with van der Waals surface area (Å²) in [6.07, 6.45) is 1.00. The van der Waals surface area contributed by atoms with Crippen molar-refractivity contribution in [2.75, 3.05) is 19.0 Å². The second-order valence-corrected chi connectivity index (χ2v) is 5.65. The molecule has 3 nitrogen and oxygen atoms in total. The average molecular weight is 334 g/mol. The number of anilines is 1. The zero-order valence-electron chi connectivity index (χ0n) is 11.3. The monoisotopic (exact) mass is 333 g/mol. The zero-order chi connectivity index (χ0) is 13.9. The van der Waals surface area contributed by atoms with Gasteiger partial charge in [-0.05, 0) is 35.4 Å². The van der Waals surface area contributed by atoms with Crippen molar-refractivity contribution < 1.29 is 9.47 Å². The zero-order valence-corrected chi connectivity index (χ0v) is 12.9. The molecule has 0 unspecified atom stereocenters. The number of benzene rings is 2. The molecule has 0 bridgehead atoms. The number of hydrogen-bond donors (Lipinski definition) is 1. The summed E-state index contributed by atoms with van der Waals surface area (Å²) < 4.78 is 11.9. The summed E-state index contributed by atoms with van der Waals surface area (Å²) >= 11 is 3.48. The lowest BCUT2D eigenvalue weighted by Crippen LogP contribution is -2.01. The minimum atomic E-state index is 0.764. The summed E-state index contributed by atoms with van der Waals surface area (Å²) in [6, 6.07) is 12.3.